The molecule has 4 atom stereocenters. The van der Waals surface area contributed by atoms with E-state index in [-0.39, 0.29) is 35.5 Å². The number of carbonyl (C=O) groups is 2. The fraction of sp³-hybridized carbons (Fsp3) is 0.636. The maximum absolute atomic E-state index is 14.0. The van der Waals surface area contributed by atoms with E-state index in [1.54, 1.807) is 11.0 Å². The highest BCUT2D eigenvalue weighted by Gasteiger charge is 2.49. The number of halogens is 3. The number of amides is 2. The molecule has 1 saturated carbocycles. The Morgan fingerprint density at radius 2 is 1.87 bits per heavy atom. The van der Waals surface area contributed by atoms with E-state index < -0.39 is 18.1 Å². The summed E-state index contributed by atoms with van der Waals surface area (Å²) in [5, 5.41) is -0.0136. The molecule has 0 N–H and O–H groups in total. The number of fused-ring (bicyclic) bond motifs is 1. The van der Waals surface area contributed by atoms with E-state index >= 15 is 0 Å². The second-order valence-corrected chi connectivity index (χ2v) is 9.02. The van der Waals surface area contributed by atoms with Gasteiger partial charge in [0.05, 0.1) is 30.6 Å². The molecule has 0 radical (unpaired) electrons. The van der Waals surface area contributed by atoms with E-state index in [1.165, 1.54) is 19.2 Å². The molecule has 1 aliphatic carbocycles. The number of ether oxygens (including phenoxy) is 1. The molecule has 2 saturated heterocycles. The standard InChI is InChI=1S/C22H28ClF2N3O3/c1-31-22(30)27-9-10-28(20(29)12-14-5-6-17(25)16(23)11-14)21-18(3-2-4-19(21)27)26-8-7-15(24)13-26/h5-6,11,15,18-19,21H,2-4,7-10,12-13H2,1H3/t15-,18-,19-,21+/m0/s1. The summed E-state index contributed by atoms with van der Waals surface area (Å²) >= 11 is 5.89. The van der Waals surface area contributed by atoms with Gasteiger partial charge in [-0.05, 0) is 43.4 Å². The molecule has 31 heavy (non-hydrogen) atoms. The first-order valence-corrected chi connectivity index (χ1v) is 11.2. The van der Waals surface area contributed by atoms with Crippen molar-refractivity contribution in [3.8, 4) is 0 Å². The molecule has 2 amide bonds. The van der Waals surface area contributed by atoms with Gasteiger partial charge in [0.15, 0.2) is 0 Å². The van der Waals surface area contributed by atoms with Crippen LogP contribution in [0.2, 0.25) is 5.02 Å². The maximum atomic E-state index is 14.0. The number of nitrogens with zero attached hydrogens (tertiary/aromatic N) is 3. The van der Waals surface area contributed by atoms with Crippen molar-refractivity contribution in [3.05, 3.63) is 34.6 Å². The second kappa shape index (κ2) is 9.28. The summed E-state index contributed by atoms with van der Waals surface area (Å²) in [6.45, 7) is 1.79. The largest absolute Gasteiger partial charge is 0.453 e. The lowest BCUT2D eigenvalue weighted by molar-refractivity contribution is -0.141. The zero-order valence-electron chi connectivity index (χ0n) is 17.6. The van der Waals surface area contributed by atoms with Crippen LogP contribution in [0.25, 0.3) is 0 Å². The van der Waals surface area contributed by atoms with E-state index in [2.05, 4.69) is 4.90 Å². The molecule has 0 aromatic heterocycles. The highest BCUT2D eigenvalue weighted by atomic mass is 35.5. The molecule has 1 aromatic rings. The molecular weight excluding hydrogens is 428 g/mol. The van der Waals surface area contributed by atoms with Gasteiger partial charge in [-0.2, -0.15) is 0 Å². The predicted molar refractivity (Wildman–Crippen MR) is 112 cm³/mol. The lowest BCUT2D eigenvalue weighted by atomic mass is 9.81. The van der Waals surface area contributed by atoms with Crippen LogP contribution in [0, 0.1) is 5.82 Å². The molecule has 170 valence electrons. The number of piperazine rings is 1. The number of alkyl halides is 1. The van der Waals surface area contributed by atoms with Crippen molar-refractivity contribution in [1.29, 1.82) is 0 Å². The normalized spacial score (nSPS) is 29.0. The fourth-order valence-electron chi connectivity index (χ4n) is 5.42. The Bertz CT molecular complexity index is 842. The van der Waals surface area contributed by atoms with Crippen LogP contribution in [0.15, 0.2) is 18.2 Å². The number of hydrogen-bond acceptors (Lipinski definition) is 4. The van der Waals surface area contributed by atoms with E-state index in [4.69, 9.17) is 16.3 Å². The summed E-state index contributed by atoms with van der Waals surface area (Å²) in [5.41, 5.74) is 0.640. The SMILES string of the molecule is COC(=O)N1CCN(C(=O)Cc2ccc(F)c(Cl)c2)[C@@H]2[C@@H](N3CC[C@H](F)C3)CCC[C@@H]21. The van der Waals surface area contributed by atoms with E-state index in [1.807, 2.05) is 4.90 Å². The molecule has 0 bridgehead atoms. The Kier molecular flexibility index (Phi) is 6.67. The Hall–Kier alpha value is -1.93. The van der Waals surface area contributed by atoms with Crippen LogP contribution in [0.1, 0.15) is 31.2 Å². The van der Waals surface area contributed by atoms with Crippen molar-refractivity contribution in [2.45, 2.75) is 56.4 Å². The number of carbonyl (C=O) groups excluding carboxylic acids is 2. The fourth-order valence-corrected chi connectivity index (χ4v) is 5.63. The summed E-state index contributed by atoms with van der Waals surface area (Å²) in [6.07, 6.45) is 1.88. The first-order valence-electron chi connectivity index (χ1n) is 10.8. The van der Waals surface area contributed by atoms with Crippen LogP contribution in [-0.2, 0) is 16.0 Å². The number of likely N-dealkylation sites (tertiary alicyclic amines) is 1. The minimum atomic E-state index is -0.855. The van der Waals surface area contributed by atoms with Crippen molar-refractivity contribution >= 4 is 23.6 Å². The lowest BCUT2D eigenvalue weighted by Crippen LogP contribution is -2.69. The van der Waals surface area contributed by atoms with E-state index in [0.717, 1.165) is 19.3 Å². The molecule has 3 fully saturated rings. The van der Waals surface area contributed by atoms with Gasteiger partial charge in [-0.25, -0.2) is 13.6 Å². The van der Waals surface area contributed by atoms with Crippen molar-refractivity contribution in [1.82, 2.24) is 14.7 Å². The zero-order valence-corrected chi connectivity index (χ0v) is 18.4. The van der Waals surface area contributed by atoms with Crippen molar-refractivity contribution < 1.29 is 23.1 Å². The van der Waals surface area contributed by atoms with Gasteiger partial charge in [0.1, 0.15) is 12.0 Å². The first kappa shape index (κ1) is 22.3. The monoisotopic (exact) mass is 455 g/mol. The Balaban J connectivity index is 1.60. The number of hydrogen-bond donors (Lipinski definition) is 0. The Morgan fingerprint density at radius 1 is 1.13 bits per heavy atom. The summed E-state index contributed by atoms with van der Waals surface area (Å²) < 4.78 is 32.5. The molecule has 2 aliphatic heterocycles. The highest BCUT2D eigenvalue weighted by Crippen LogP contribution is 2.36. The quantitative estimate of drug-likeness (QED) is 0.702. The van der Waals surface area contributed by atoms with Gasteiger partial charge in [-0.1, -0.05) is 17.7 Å². The molecular formula is C22H28ClF2N3O3. The highest BCUT2D eigenvalue weighted by molar-refractivity contribution is 6.30. The Labute approximate surface area is 186 Å². The van der Waals surface area contributed by atoms with Gasteiger partial charge in [0.2, 0.25) is 5.91 Å². The average Bonchev–Trinajstić information content (AvgIpc) is 3.20. The van der Waals surface area contributed by atoms with Crippen LogP contribution in [-0.4, -0.2) is 84.3 Å². The minimum Gasteiger partial charge on any atom is -0.453 e. The third-order valence-electron chi connectivity index (χ3n) is 6.83. The van der Waals surface area contributed by atoms with Crippen molar-refractivity contribution in [3.63, 3.8) is 0 Å². The lowest BCUT2D eigenvalue weighted by Gasteiger charge is -2.54. The molecule has 2 heterocycles. The van der Waals surface area contributed by atoms with Crippen LogP contribution in [0.4, 0.5) is 13.6 Å². The van der Waals surface area contributed by atoms with Gasteiger partial charge in [-0.15, -0.1) is 0 Å². The van der Waals surface area contributed by atoms with Crippen LogP contribution in [0.3, 0.4) is 0 Å². The third kappa shape index (κ3) is 4.51. The second-order valence-electron chi connectivity index (χ2n) is 8.61. The number of rotatable bonds is 3. The van der Waals surface area contributed by atoms with E-state index in [9.17, 15) is 18.4 Å². The summed E-state index contributed by atoms with van der Waals surface area (Å²) in [4.78, 5) is 31.5. The summed E-state index contributed by atoms with van der Waals surface area (Å²) in [6, 6.07) is 3.90. The van der Waals surface area contributed by atoms with E-state index in [0.29, 0.717) is 38.2 Å². The summed E-state index contributed by atoms with van der Waals surface area (Å²) in [7, 11) is 1.36. The van der Waals surface area contributed by atoms with Crippen LogP contribution in [0.5, 0.6) is 0 Å². The molecule has 0 unspecified atom stereocenters. The van der Waals surface area contributed by atoms with Crippen molar-refractivity contribution in [2.24, 2.45) is 0 Å². The van der Waals surface area contributed by atoms with Gasteiger partial charge < -0.3 is 14.5 Å². The van der Waals surface area contributed by atoms with Gasteiger partial charge in [-0.3, -0.25) is 9.69 Å². The van der Waals surface area contributed by atoms with Crippen LogP contribution < -0.4 is 0 Å². The topological polar surface area (TPSA) is 53.1 Å². The molecule has 9 heteroatoms. The molecule has 1 aromatic carbocycles. The van der Waals surface area contributed by atoms with Gasteiger partial charge in [0, 0.05) is 32.2 Å². The number of methoxy groups -OCH3 is 1. The first-order chi connectivity index (χ1) is 14.9. The predicted octanol–water partition coefficient (Wildman–Crippen LogP) is 3.27. The smallest absolute Gasteiger partial charge is 0.409 e. The molecule has 4 rings (SSSR count). The zero-order chi connectivity index (χ0) is 22.1. The minimum absolute atomic E-state index is 0.00675. The van der Waals surface area contributed by atoms with Gasteiger partial charge in [0.25, 0.3) is 0 Å². The third-order valence-corrected chi connectivity index (χ3v) is 7.12. The average molecular weight is 456 g/mol. The molecule has 3 aliphatic rings. The van der Waals surface area contributed by atoms with Crippen molar-refractivity contribution in [2.75, 3.05) is 33.3 Å². The Morgan fingerprint density at radius 3 is 2.55 bits per heavy atom. The van der Waals surface area contributed by atoms with Gasteiger partial charge >= 0.3 is 6.09 Å². The number of benzene rings is 1. The van der Waals surface area contributed by atoms with Crippen LogP contribution >= 0.6 is 11.6 Å². The molecule has 0 spiro atoms. The summed E-state index contributed by atoms with van der Waals surface area (Å²) in [5.74, 6) is -0.614. The molecule has 6 nitrogen and oxygen atoms in total. The maximum Gasteiger partial charge on any atom is 0.409 e.